The van der Waals surface area contributed by atoms with Crippen molar-refractivity contribution in [2.75, 3.05) is 6.54 Å². The Bertz CT molecular complexity index is 1870. The molecule has 4 nitrogen and oxygen atoms in total. The lowest BCUT2D eigenvalue weighted by Crippen LogP contribution is -2.14. The van der Waals surface area contributed by atoms with Crippen LogP contribution < -0.4 is 16.8 Å². The summed E-state index contributed by atoms with van der Waals surface area (Å²) in [6.07, 6.45) is 37.2. The Hall–Kier alpha value is -5.74. The van der Waals surface area contributed by atoms with Crippen molar-refractivity contribution < 1.29 is 0 Å². The number of nitrogens with two attached hydrogens (primary N) is 2. The van der Waals surface area contributed by atoms with Gasteiger partial charge < -0.3 is 21.4 Å². The summed E-state index contributed by atoms with van der Waals surface area (Å²) < 4.78 is 2.39. The first-order valence-electron chi connectivity index (χ1n) is 15.8. The third-order valence-electron chi connectivity index (χ3n) is 8.33. The maximum atomic E-state index is 5.88. The van der Waals surface area contributed by atoms with Gasteiger partial charge in [0.25, 0.3) is 0 Å². The number of hydrogen-bond donors (Lipinski definition) is 3. The molecule has 0 atom stereocenters. The van der Waals surface area contributed by atoms with Crippen molar-refractivity contribution in [3.05, 3.63) is 192 Å². The fourth-order valence-corrected chi connectivity index (χ4v) is 5.64. The molecule has 238 valence electrons. The van der Waals surface area contributed by atoms with Crippen LogP contribution in [0.1, 0.15) is 40.8 Å². The fourth-order valence-electron chi connectivity index (χ4n) is 5.64. The zero-order valence-electron chi connectivity index (χ0n) is 27.7. The van der Waals surface area contributed by atoms with Gasteiger partial charge in [0.05, 0.1) is 5.69 Å². The third kappa shape index (κ3) is 8.11. The molecule has 2 heterocycles. The largest absolute Gasteiger partial charge is 0.404 e. The van der Waals surface area contributed by atoms with Crippen molar-refractivity contribution >= 4 is 23.5 Å². The predicted molar refractivity (Wildman–Crippen MR) is 207 cm³/mol. The molecule has 1 aromatic carbocycles. The van der Waals surface area contributed by atoms with Gasteiger partial charge in [-0.1, -0.05) is 117 Å². The van der Waals surface area contributed by atoms with Crippen molar-refractivity contribution in [3.63, 3.8) is 0 Å². The standard InChI is InChI=1S/C43H46N4/c1-7-34(19-16-20-38(30-45)36(9-3)29-44)27-42-32(5)33(6)43(47(42)39-21-12-10-11-17-31(4)18-15-22-39)40-25-24-37(28-35(40)8-2)41-23-13-14-26-46-41/h7-18,20,22-25,27-30,46H,1-4,19,21,26,44-45H2,5-6H3/b12-10-,17-11-,18-15-,20-16-,34-27+,36-29+,38-30+,39-22+. The molecule has 0 amide bonds. The van der Waals surface area contributed by atoms with E-state index in [0.29, 0.717) is 6.42 Å². The molecule has 0 spiro atoms. The van der Waals surface area contributed by atoms with E-state index in [1.54, 1.807) is 6.08 Å². The quantitative estimate of drug-likeness (QED) is 0.220. The Labute approximate surface area is 281 Å². The third-order valence-corrected chi connectivity index (χ3v) is 8.33. The summed E-state index contributed by atoms with van der Waals surface area (Å²) in [6.45, 7) is 21.6. The number of rotatable bonds is 11. The molecule has 0 unspecified atom stereocenters. The number of nitrogens with one attached hydrogen (secondary N) is 1. The van der Waals surface area contributed by atoms with E-state index in [9.17, 15) is 0 Å². The van der Waals surface area contributed by atoms with Crippen molar-refractivity contribution in [1.29, 1.82) is 0 Å². The molecule has 0 radical (unpaired) electrons. The first-order chi connectivity index (χ1) is 22.9. The Morgan fingerprint density at radius 2 is 1.70 bits per heavy atom. The molecule has 4 rings (SSSR count). The van der Waals surface area contributed by atoms with Gasteiger partial charge in [0, 0.05) is 48.0 Å². The Balaban J connectivity index is 1.93. The van der Waals surface area contributed by atoms with Gasteiger partial charge in [-0.2, -0.15) is 0 Å². The number of allylic oxidation sites excluding steroid dienone is 18. The van der Waals surface area contributed by atoms with E-state index < -0.39 is 0 Å². The Morgan fingerprint density at radius 3 is 2.38 bits per heavy atom. The van der Waals surface area contributed by atoms with Crippen LogP contribution in [0.15, 0.2) is 164 Å². The number of dihydropyridines is 1. The molecule has 5 N–H and O–H groups in total. The molecule has 0 saturated heterocycles. The summed E-state index contributed by atoms with van der Waals surface area (Å²) >= 11 is 0. The average molecular weight is 619 g/mol. The van der Waals surface area contributed by atoms with Crippen LogP contribution in [-0.2, 0) is 0 Å². The highest BCUT2D eigenvalue weighted by molar-refractivity contribution is 5.84. The molecule has 0 fully saturated rings. The van der Waals surface area contributed by atoms with Gasteiger partial charge in [0.1, 0.15) is 0 Å². The van der Waals surface area contributed by atoms with E-state index in [0.717, 1.165) is 74.7 Å². The first-order valence-corrected chi connectivity index (χ1v) is 15.8. The van der Waals surface area contributed by atoms with Crippen molar-refractivity contribution in [3.8, 4) is 11.3 Å². The van der Waals surface area contributed by atoms with Crippen LogP contribution in [0.5, 0.6) is 0 Å². The zero-order valence-corrected chi connectivity index (χ0v) is 27.7. The van der Waals surface area contributed by atoms with Crippen molar-refractivity contribution in [2.24, 2.45) is 11.5 Å². The topological polar surface area (TPSA) is 69.0 Å². The molecule has 4 heteroatoms. The average Bonchev–Trinajstić information content (AvgIpc) is 3.34. The van der Waals surface area contributed by atoms with Crippen LogP contribution in [-0.4, -0.2) is 11.1 Å². The number of nitrogens with zero attached hydrogens (tertiary/aromatic N) is 1. The lowest BCUT2D eigenvalue weighted by molar-refractivity contribution is 0.995. The molecule has 0 saturated carbocycles. The van der Waals surface area contributed by atoms with Crippen LogP contribution in [0.4, 0.5) is 0 Å². The summed E-state index contributed by atoms with van der Waals surface area (Å²) in [5, 5.41) is 3.48. The van der Waals surface area contributed by atoms with E-state index >= 15 is 0 Å². The molecule has 47 heavy (non-hydrogen) atoms. The van der Waals surface area contributed by atoms with Crippen molar-refractivity contribution in [1.82, 2.24) is 9.88 Å². The molecular formula is C43H46N4. The minimum atomic E-state index is 0.654. The second kappa shape index (κ2) is 16.5. The Morgan fingerprint density at radius 1 is 0.915 bits per heavy atom. The molecule has 2 aromatic rings. The highest BCUT2D eigenvalue weighted by Gasteiger charge is 2.22. The van der Waals surface area contributed by atoms with Gasteiger partial charge in [-0.05, 0) is 89.1 Å². The van der Waals surface area contributed by atoms with Gasteiger partial charge in [-0.3, -0.25) is 0 Å². The number of aromatic nitrogens is 1. The molecule has 1 aliphatic carbocycles. The Kier molecular flexibility index (Phi) is 12.0. The highest BCUT2D eigenvalue weighted by atomic mass is 15.0. The van der Waals surface area contributed by atoms with Crippen LogP contribution >= 0.6 is 0 Å². The minimum absolute atomic E-state index is 0.654. The van der Waals surface area contributed by atoms with E-state index in [-0.39, 0.29) is 0 Å². The summed E-state index contributed by atoms with van der Waals surface area (Å²) in [7, 11) is 0. The summed E-state index contributed by atoms with van der Waals surface area (Å²) in [4.78, 5) is 0. The maximum absolute atomic E-state index is 5.88. The molecular weight excluding hydrogens is 573 g/mol. The monoisotopic (exact) mass is 618 g/mol. The second-order valence-electron chi connectivity index (χ2n) is 11.3. The van der Waals surface area contributed by atoms with Crippen LogP contribution in [0.3, 0.4) is 0 Å². The minimum Gasteiger partial charge on any atom is -0.404 e. The molecule has 1 aliphatic heterocycles. The summed E-state index contributed by atoms with van der Waals surface area (Å²) in [5.74, 6) is 0. The van der Waals surface area contributed by atoms with Gasteiger partial charge in [-0.15, -0.1) is 0 Å². The first kappa shape index (κ1) is 34.1. The van der Waals surface area contributed by atoms with E-state index in [1.807, 2.05) is 36.5 Å². The molecule has 1 aromatic heterocycles. The van der Waals surface area contributed by atoms with Crippen LogP contribution in [0.25, 0.3) is 34.8 Å². The molecule has 2 aliphatic rings. The predicted octanol–water partition coefficient (Wildman–Crippen LogP) is 9.77. The van der Waals surface area contributed by atoms with Gasteiger partial charge in [0.2, 0.25) is 0 Å². The smallest absolute Gasteiger partial charge is 0.0569 e. The van der Waals surface area contributed by atoms with E-state index in [2.05, 4.69) is 123 Å². The highest BCUT2D eigenvalue weighted by Crippen LogP contribution is 2.39. The summed E-state index contributed by atoms with van der Waals surface area (Å²) in [5.41, 5.74) is 25.4. The van der Waals surface area contributed by atoms with Crippen LogP contribution in [0.2, 0.25) is 0 Å². The van der Waals surface area contributed by atoms with E-state index in [4.69, 9.17) is 11.5 Å². The van der Waals surface area contributed by atoms with Gasteiger partial charge in [-0.25, -0.2) is 0 Å². The van der Waals surface area contributed by atoms with Crippen LogP contribution in [0, 0.1) is 13.8 Å². The van der Waals surface area contributed by atoms with Gasteiger partial charge >= 0.3 is 0 Å². The lowest BCUT2D eigenvalue weighted by atomic mass is 9.96. The number of benzene rings is 1. The second-order valence-corrected chi connectivity index (χ2v) is 11.3. The lowest BCUT2D eigenvalue weighted by Gasteiger charge is -2.19. The summed E-state index contributed by atoms with van der Waals surface area (Å²) in [6, 6.07) is 6.62. The van der Waals surface area contributed by atoms with Gasteiger partial charge in [0.15, 0.2) is 0 Å². The normalized spacial score (nSPS) is 18.9. The molecule has 0 bridgehead atoms. The van der Waals surface area contributed by atoms with E-state index in [1.165, 1.54) is 23.5 Å². The zero-order chi connectivity index (χ0) is 33.8. The van der Waals surface area contributed by atoms with Crippen molar-refractivity contribution in [2.45, 2.75) is 26.7 Å². The fraction of sp³-hybridized carbons (Fsp3) is 0.116. The maximum Gasteiger partial charge on any atom is 0.0569 e. The number of hydrogen-bond acceptors (Lipinski definition) is 3. The SMILES string of the molecule is C=C/C(=C\c1c(C)c(C)c(-c2ccc(C3=CC=CCN3)cc2C=C)n1/C1=C/C=C\C(=C)/C=C\C=C/C1)C\C=C/C(=C\N)C(/C=C)=C/N.